The molecule has 0 fully saturated rings. The predicted molar refractivity (Wildman–Crippen MR) is 54.9 cm³/mol. The van der Waals surface area contributed by atoms with Gasteiger partial charge in [0.1, 0.15) is 6.26 Å². The third-order valence-corrected chi connectivity index (χ3v) is 2.15. The fourth-order valence-corrected chi connectivity index (χ4v) is 1.29. The van der Waals surface area contributed by atoms with E-state index in [1.807, 2.05) is 0 Å². The molecule has 0 aliphatic heterocycles. The first kappa shape index (κ1) is 15.6. The molecule has 98 valence electrons. The van der Waals surface area contributed by atoms with E-state index in [-0.39, 0.29) is 19.6 Å². The Morgan fingerprint density at radius 2 is 2.00 bits per heavy atom. The van der Waals surface area contributed by atoms with Crippen LogP contribution in [0.1, 0.15) is 13.3 Å². The van der Waals surface area contributed by atoms with Gasteiger partial charge in [-0.15, -0.1) is 0 Å². The van der Waals surface area contributed by atoms with E-state index in [0.717, 1.165) is 0 Å². The number of phosphoric acid groups is 1. The van der Waals surface area contributed by atoms with Crippen LogP contribution in [0.25, 0.3) is 0 Å². The highest BCUT2D eigenvalue weighted by atomic mass is 31.2. The van der Waals surface area contributed by atoms with Crippen LogP contribution in [0.3, 0.4) is 0 Å². The van der Waals surface area contributed by atoms with Crippen molar-refractivity contribution in [1.29, 1.82) is 0 Å². The number of carboxylic acid groups (broad SMARTS) is 1. The Bertz CT molecular complexity index is 336. The lowest BCUT2D eigenvalue weighted by molar-refractivity contribution is -0.141. The van der Waals surface area contributed by atoms with E-state index >= 15 is 0 Å². The highest BCUT2D eigenvalue weighted by Crippen LogP contribution is 2.43. The van der Waals surface area contributed by atoms with Gasteiger partial charge < -0.3 is 14.4 Å². The van der Waals surface area contributed by atoms with E-state index < -0.39 is 19.8 Å². The number of hydrogen-bond acceptors (Lipinski definition) is 6. The second-order valence-corrected chi connectivity index (χ2v) is 4.15. The summed E-state index contributed by atoms with van der Waals surface area (Å²) in [5.41, 5.74) is 0. The summed E-state index contributed by atoms with van der Waals surface area (Å²) in [7, 11) is -4.30. The molecule has 8 nitrogen and oxygen atoms in total. The van der Waals surface area contributed by atoms with Gasteiger partial charge in [-0.1, -0.05) is 0 Å². The molecule has 9 heteroatoms. The minimum absolute atomic E-state index is 0.0559. The van der Waals surface area contributed by atoms with Gasteiger partial charge in [-0.25, -0.2) is 9.36 Å². The van der Waals surface area contributed by atoms with Crippen LogP contribution in [-0.4, -0.2) is 35.2 Å². The van der Waals surface area contributed by atoms with Gasteiger partial charge in [-0.2, -0.15) is 0 Å². The third-order valence-electron chi connectivity index (χ3n) is 1.25. The van der Waals surface area contributed by atoms with Crippen molar-refractivity contribution in [2.24, 2.45) is 0 Å². The zero-order chi connectivity index (χ0) is 13.3. The molecule has 0 spiro atoms. The van der Waals surface area contributed by atoms with E-state index in [1.54, 1.807) is 0 Å². The molecule has 1 atom stereocenters. The first-order valence-electron chi connectivity index (χ1n) is 4.52. The average molecular weight is 268 g/mol. The largest absolute Gasteiger partial charge is 0.526 e. The molecule has 17 heavy (non-hydrogen) atoms. The molecule has 0 aromatic heterocycles. The molecular formula is C8H13O8P. The van der Waals surface area contributed by atoms with E-state index in [2.05, 4.69) is 13.8 Å². The van der Waals surface area contributed by atoms with Crippen molar-refractivity contribution in [2.75, 3.05) is 13.2 Å². The second-order valence-electron chi connectivity index (χ2n) is 2.74. The van der Waals surface area contributed by atoms with Crippen molar-refractivity contribution >= 4 is 19.8 Å². The fourth-order valence-electron chi connectivity index (χ4n) is 0.651. The van der Waals surface area contributed by atoms with Crippen LogP contribution >= 0.6 is 7.82 Å². The van der Waals surface area contributed by atoms with Crippen LogP contribution in [-0.2, 0) is 27.9 Å². The van der Waals surface area contributed by atoms with Gasteiger partial charge in [0, 0.05) is 13.3 Å². The maximum Gasteiger partial charge on any atom is 0.526 e. The van der Waals surface area contributed by atoms with Gasteiger partial charge in [0.15, 0.2) is 0 Å². The minimum Gasteiger partial charge on any atom is -0.478 e. The minimum atomic E-state index is -4.30. The summed E-state index contributed by atoms with van der Waals surface area (Å²) in [5, 5.41) is 8.18. The molecule has 0 aliphatic carbocycles. The predicted octanol–water partition coefficient (Wildman–Crippen LogP) is 0.671. The molecule has 2 N–H and O–H groups in total. The maximum atomic E-state index is 11.1. The lowest BCUT2D eigenvalue weighted by Gasteiger charge is -2.09. The molecule has 0 aromatic rings. The number of esters is 1. The van der Waals surface area contributed by atoms with Gasteiger partial charge in [-0.05, 0) is 0 Å². The molecule has 0 saturated carbocycles. The Balaban J connectivity index is 3.74. The van der Waals surface area contributed by atoms with Crippen LogP contribution in [0.15, 0.2) is 12.3 Å². The number of carbonyl (C=O) groups is 2. The highest BCUT2D eigenvalue weighted by molar-refractivity contribution is 7.47. The molecule has 0 amide bonds. The first-order chi connectivity index (χ1) is 7.83. The number of aliphatic carboxylic acids is 1. The normalized spacial score (nSPS) is 14.2. The van der Waals surface area contributed by atoms with Crippen LogP contribution in [0, 0.1) is 0 Å². The molecule has 0 rings (SSSR count). The van der Waals surface area contributed by atoms with Gasteiger partial charge in [0.2, 0.25) is 0 Å². The summed E-state index contributed by atoms with van der Waals surface area (Å²) in [5.74, 6) is -1.78. The monoisotopic (exact) mass is 268 g/mol. The molecule has 1 unspecified atom stereocenters. The van der Waals surface area contributed by atoms with E-state index in [0.29, 0.717) is 12.3 Å². The quantitative estimate of drug-likeness (QED) is 0.217. The zero-order valence-electron chi connectivity index (χ0n) is 9.07. The lowest BCUT2D eigenvalue weighted by Crippen LogP contribution is -2.04. The van der Waals surface area contributed by atoms with E-state index in [9.17, 15) is 14.2 Å². The van der Waals surface area contributed by atoms with Gasteiger partial charge in [-0.3, -0.25) is 14.2 Å². The Kier molecular flexibility index (Phi) is 7.20. The van der Waals surface area contributed by atoms with Crippen LogP contribution in [0.5, 0.6) is 0 Å². The van der Waals surface area contributed by atoms with Gasteiger partial charge in [0.05, 0.1) is 19.3 Å². The molecule has 0 bridgehead atoms. The highest BCUT2D eigenvalue weighted by Gasteiger charge is 2.20. The smallest absolute Gasteiger partial charge is 0.478 e. The van der Waals surface area contributed by atoms with Crippen molar-refractivity contribution in [3.63, 3.8) is 0 Å². The van der Waals surface area contributed by atoms with E-state index in [1.165, 1.54) is 6.92 Å². The van der Waals surface area contributed by atoms with Crippen molar-refractivity contribution in [2.45, 2.75) is 13.3 Å². The van der Waals surface area contributed by atoms with Crippen molar-refractivity contribution in [3.05, 3.63) is 12.3 Å². The van der Waals surface area contributed by atoms with Crippen molar-refractivity contribution < 1.29 is 37.9 Å². The standard InChI is InChI=1S/C8H13O8P/c1-7(9)14-4-2-5-15-17(12,13)16-6-3-8(10)11/h3,6H,2,4-5H2,1H3,(H,10,11)(H,12,13)/b6-3-. The molecule has 0 aliphatic rings. The number of carboxylic acids is 1. The van der Waals surface area contributed by atoms with Crippen LogP contribution < -0.4 is 0 Å². The topological polar surface area (TPSA) is 119 Å². The summed E-state index contributed by atoms with van der Waals surface area (Å²) in [4.78, 5) is 29.4. The average Bonchev–Trinajstić information content (AvgIpc) is 2.15. The van der Waals surface area contributed by atoms with Gasteiger partial charge >= 0.3 is 19.8 Å². The number of ether oxygens (including phenoxy) is 1. The number of carbonyl (C=O) groups excluding carboxylic acids is 1. The summed E-state index contributed by atoms with van der Waals surface area (Å²) >= 11 is 0. The molecule has 0 saturated heterocycles. The van der Waals surface area contributed by atoms with Crippen molar-refractivity contribution in [1.82, 2.24) is 0 Å². The number of phosphoric ester groups is 1. The Hall–Kier alpha value is -1.37. The second kappa shape index (κ2) is 7.83. The zero-order valence-corrected chi connectivity index (χ0v) is 9.96. The Morgan fingerprint density at radius 1 is 1.35 bits per heavy atom. The van der Waals surface area contributed by atoms with Crippen molar-refractivity contribution in [3.8, 4) is 0 Å². The Labute approximate surface area is 97.4 Å². The Morgan fingerprint density at radius 3 is 2.53 bits per heavy atom. The molecule has 0 radical (unpaired) electrons. The van der Waals surface area contributed by atoms with Gasteiger partial charge in [0.25, 0.3) is 0 Å². The van der Waals surface area contributed by atoms with E-state index in [4.69, 9.17) is 10.00 Å². The summed E-state index contributed by atoms with van der Waals surface area (Å²) in [6.45, 7) is 1.12. The van der Waals surface area contributed by atoms with Crippen LogP contribution in [0.4, 0.5) is 0 Å². The van der Waals surface area contributed by atoms with Crippen LogP contribution in [0.2, 0.25) is 0 Å². The molecule has 0 heterocycles. The third kappa shape index (κ3) is 10.9. The summed E-state index contributed by atoms with van der Waals surface area (Å²) in [6, 6.07) is 0. The number of hydrogen-bond donors (Lipinski definition) is 2. The number of rotatable bonds is 8. The molecule has 0 aromatic carbocycles. The maximum absolute atomic E-state index is 11.1. The lowest BCUT2D eigenvalue weighted by atomic mass is 10.5. The molecular weight excluding hydrogens is 255 g/mol. The first-order valence-corrected chi connectivity index (χ1v) is 6.01. The summed E-state index contributed by atoms with van der Waals surface area (Å²) in [6.07, 6.45) is 1.32. The summed E-state index contributed by atoms with van der Waals surface area (Å²) < 4.78 is 24.2. The SMILES string of the molecule is CC(=O)OCCCOP(=O)(O)O/C=C\C(=O)O. The fraction of sp³-hybridized carbons (Fsp3) is 0.500.